The number of benzene rings is 1. The van der Waals surface area contributed by atoms with Gasteiger partial charge in [-0.15, -0.1) is 0 Å². The molecule has 0 spiro atoms. The summed E-state index contributed by atoms with van der Waals surface area (Å²) in [5, 5.41) is 0.467. The van der Waals surface area contributed by atoms with Gasteiger partial charge in [0.25, 0.3) is 5.91 Å². The van der Waals surface area contributed by atoms with Gasteiger partial charge in [0, 0.05) is 6.54 Å². The molecule has 1 aromatic carbocycles. The van der Waals surface area contributed by atoms with Crippen molar-refractivity contribution < 1.29 is 4.79 Å². The zero-order chi connectivity index (χ0) is 13.1. The third-order valence-electron chi connectivity index (χ3n) is 3.20. The molecule has 1 aliphatic rings. The summed E-state index contributed by atoms with van der Waals surface area (Å²) in [6.45, 7) is 0.687. The van der Waals surface area contributed by atoms with Crippen molar-refractivity contribution in [1.82, 2.24) is 4.90 Å². The second kappa shape index (κ2) is 5.67. The molecule has 5 heteroatoms. The minimum Gasteiger partial charge on any atom is -0.392 e. The van der Waals surface area contributed by atoms with Gasteiger partial charge in [-0.2, -0.15) is 0 Å². The SMILES string of the molecule is NC(=S)C1CCCCN1C(=O)c1ccccc1Cl. The molecule has 1 fully saturated rings. The number of thiocarbonyl (C=S) groups is 1. The van der Waals surface area contributed by atoms with Gasteiger partial charge < -0.3 is 10.6 Å². The molecule has 1 unspecified atom stereocenters. The second-order valence-corrected chi connectivity index (χ2v) is 5.27. The summed E-state index contributed by atoms with van der Waals surface area (Å²) in [4.78, 5) is 14.6. The van der Waals surface area contributed by atoms with Crippen LogP contribution < -0.4 is 5.73 Å². The summed E-state index contributed by atoms with van der Waals surface area (Å²) in [6.07, 6.45) is 2.87. The standard InChI is InChI=1S/C13H15ClN2OS/c14-10-6-2-1-5-9(10)13(17)16-8-4-3-7-11(16)12(15)18/h1-2,5-6,11H,3-4,7-8H2,(H2,15,18). The van der Waals surface area contributed by atoms with Crippen LogP contribution in [0.4, 0.5) is 0 Å². The Labute approximate surface area is 117 Å². The van der Waals surface area contributed by atoms with Crippen LogP contribution in [0.15, 0.2) is 24.3 Å². The maximum Gasteiger partial charge on any atom is 0.255 e. The second-order valence-electron chi connectivity index (χ2n) is 4.39. The number of hydrogen-bond donors (Lipinski definition) is 1. The average Bonchev–Trinajstić information content (AvgIpc) is 2.38. The number of carbonyl (C=O) groups excluding carboxylic acids is 1. The summed E-state index contributed by atoms with van der Waals surface area (Å²) in [7, 11) is 0. The maximum absolute atomic E-state index is 12.5. The fraction of sp³-hybridized carbons (Fsp3) is 0.385. The number of amides is 1. The highest BCUT2D eigenvalue weighted by Crippen LogP contribution is 2.23. The molecule has 18 heavy (non-hydrogen) atoms. The number of likely N-dealkylation sites (tertiary alicyclic amines) is 1. The Hall–Kier alpha value is -1.13. The van der Waals surface area contributed by atoms with E-state index in [2.05, 4.69) is 0 Å². The van der Waals surface area contributed by atoms with Gasteiger partial charge >= 0.3 is 0 Å². The zero-order valence-corrected chi connectivity index (χ0v) is 11.5. The Morgan fingerprint density at radius 1 is 1.39 bits per heavy atom. The lowest BCUT2D eigenvalue weighted by Crippen LogP contribution is -2.49. The highest BCUT2D eigenvalue weighted by Gasteiger charge is 2.29. The number of halogens is 1. The van der Waals surface area contributed by atoms with E-state index in [1.54, 1.807) is 29.2 Å². The quantitative estimate of drug-likeness (QED) is 0.848. The molecule has 0 radical (unpaired) electrons. The molecular weight excluding hydrogens is 268 g/mol. The van der Waals surface area contributed by atoms with E-state index in [1.165, 1.54) is 0 Å². The Morgan fingerprint density at radius 3 is 2.78 bits per heavy atom. The number of hydrogen-bond acceptors (Lipinski definition) is 2. The van der Waals surface area contributed by atoms with Crippen molar-refractivity contribution in [3.8, 4) is 0 Å². The summed E-state index contributed by atoms with van der Waals surface area (Å²) in [5.41, 5.74) is 6.23. The van der Waals surface area contributed by atoms with Crippen molar-refractivity contribution >= 4 is 34.7 Å². The van der Waals surface area contributed by atoms with Crippen molar-refractivity contribution in [2.75, 3.05) is 6.54 Å². The van der Waals surface area contributed by atoms with E-state index in [-0.39, 0.29) is 11.9 Å². The van der Waals surface area contributed by atoms with E-state index in [1.807, 2.05) is 0 Å². The third-order valence-corrected chi connectivity index (χ3v) is 3.80. The van der Waals surface area contributed by atoms with Gasteiger partial charge in [-0.25, -0.2) is 0 Å². The first kappa shape index (κ1) is 13.3. The molecule has 1 saturated heterocycles. The van der Waals surface area contributed by atoms with Crippen LogP contribution in [-0.4, -0.2) is 28.4 Å². The lowest BCUT2D eigenvalue weighted by atomic mass is 10.0. The predicted molar refractivity (Wildman–Crippen MR) is 76.9 cm³/mol. The van der Waals surface area contributed by atoms with Crippen LogP contribution in [0.5, 0.6) is 0 Å². The lowest BCUT2D eigenvalue weighted by Gasteiger charge is -2.35. The number of carbonyl (C=O) groups is 1. The van der Waals surface area contributed by atoms with Gasteiger partial charge in [0.2, 0.25) is 0 Å². The largest absolute Gasteiger partial charge is 0.392 e. The first-order valence-electron chi connectivity index (χ1n) is 5.96. The molecule has 0 aromatic heterocycles. The van der Waals surface area contributed by atoms with Crippen LogP contribution in [0.25, 0.3) is 0 Å². The number of rotatable bonds is 2. The molecule has 1 aromatic rings. The zero-order valence-electron chi connectivity index (χ0n) is 9.93. The molecule has 1 heterocycles. The summed E-state index contributed by atoms with van der Waals surface area (Å²) in [5.74, 6) is -0.0851. The molecule has 96 valence electrons. The Balaban J connectivity index is 2.27. The lowest BCUT2D eigenvalue weighted by molar-refractivity contribution is 0.0681. The maximum atomic E-state index is 12.5. The molecule has 0 bridgehead atoms. The first-order chi connectivity index (χ1) is 8.61. The van der Waals surface area contributed by atoms with Gasteiger partial charge in [0.15, 0.2) is 0 Å². The molecule has 0 saturated carbocycles. The van der Waals surface area contributed by atoms with Gasteiger partial charge in [-0.05, 0) is 31.4 Å². The van der Waals surface area contributed by atoms with Crippen LogP contribution in [0.3, 0.4) is 0 Å². The summed E-state index contributed by atoms with van der Waals surface area (Å²) in [6, 6.07) is 6.92. The molecule has 0 aliphatic carbocycles. The molecule has 2 rings (SSSR count). The minimum absolute atomic E-state index is 0.0851. The fourth-order valence-corrected chi connectivity index (χ4v) is 2.72. The normalized spacial score (nSPS) is 19.6. The molecule has 1 amide bonds. The highest BCUT2D eigenvalue weighted by molar-refractivity contribution is 7.80. The average molecular weight is 283 g/mol. The summed E-state index contributed by atoms with van der Waals surface area (Å²) >= 11 is 11.1. The highest BCUT2D eigenvalue weighted by atomic mass is 35.5. The monoisotopic (exact) mass is 282 g/mol. The minimum atomic E-state index is -0.141. The first-order valence-corrected chi connectivity index (χ1v) is 6.74. The van der Waals surface area contributed by atoms with Crippen molar-refractivity contribution in [2.45, 2.75) is 25.3 Å². The van der Waals surface area contributed by atoms with Gasteiger partial charge in [-0.3, -0.25) is 4.79 Å². The van der Waals surface area contributed by atoms with Crippen molar-refractivity contribution in [3.05, 3.63) is 34.9 Å². The van der Waals surface area contributed by atoms with E-state index >= 15 is 0 Å². The number of nitrogens with zero attached hydrogens (tertiary/aromatic N) is 1. The fourth-order valence-electron chi connectivity index (χ4n) is 2.26. The molecule has 2 N–H and O–H groups in total. The topological polar surface area (TPSA) is 46.3 Å². The van der Waals surface area contributed by atoms with Crippen LogP contribution in [0, 0.1) is 0 Å². The van der Waals surface area contributed by atoms with Crippen molar-refractivity contribution in [2.24, 2.45) is 5.73 Å². The number of piperidine rings is 1. The van der Waals surface area contributed by atoms with E-state index in [0.29, 0.717) is 22.1 Å². The molecular formula is C13H15ClN2OS. The summed E-state index contributed by atoms with van der Waals surface area (Å²) < 4.78 is 0. The predicted octanol–water partition coefficient (Wildman–Crippen LogP) is 2.62. The van der Waals surface area contributed by atoms with Crippen LogP contribution >= 0.6 is 23.8 Å². The van der Waals surface area contributed by atoms with Crippen LogP contribution in [0.1, 0.15) is 29.6 Å². The van der Waals surface area contributed by atoms with Gasteiger partial charge in [-0.1, -0.05) is 36.0 Å². The third kappa shape index (κ3) is 2.65. The molecule has 3 nitrogen and oxygen atoms in total. The van der Waals surface area contributed by atoms with Crippen LogP contribution in [0.2, 0.25) is 5.02 Å². The smallest absolute Gasteiger partial charge is 0.255 e. The molecule has 1 aliphatic heterocycles. The van der Waals surface area contributed by atoms with E-state index in [4.69, 9.17) is 29.6 Å². The van der Waals surface area contributed by atoms with Crippen LogP contribution in [-0.2, 0) is 0 Å². The van der Waals surface area contributed by atoms with E-state index in [9.17, 15) is 4.79 Å². The molecule has 1 atom stereocenters. The van der Waals surface area contributed by atoms with Gasteiger partial charge in [0.05, 0.1) is 21.6 Å². The number of nitrogens with two attached hydrogens (primary N) is 1. The van der Waals surface area contributed by atoms with E-state index < -0.39 is 0 Å². The Morgan fingerprint density at radius 2 is 2.11 bits per heavy atom. The Bertz CT molecular complexity index is 478. The Kier molecular flexibility index (Phi) is 4.19. The van der Waals surface area contributed by atoms with E-state index in [0.717, 1.165) is 19.3 Å². The van der Waals surface area contributed by atoms with Crippen molar-refractivity contribution in [1.29, 1.82) is 0 Å². The van der Waals surface area contributed by atoms with Crippen molar-refractivity contribution in [3.63, 3.8) is 0 Å². The van der Waals surface area contributed by atoms with Gasteiger partial charge in [0.1, 0.15) is 0 Å².